The van der Waals surface area contributed by atoms with E-state index in [-0.39, 0.29) is 11.8 Å². The van der Waals surface area contributed by atoms with E-state index in [1.54, 1.807) is 12.4 Å². The van der Waals surface area contributed by atoms with Gasteiger partial charge in [0, 0.05) is 36.2 Å². The van der Waals surface area contributed by atoms with Crippen LogP contribution in [0, 0.1) is 6.92 Å². The quantitative estimate of drug-likeness (QED) is 0.559. The molecule has 0 atom stereocenters. The molecule has 146 valence electrons. The van der Waals surface area contributed by atoms with Gasteiger partial charge in [0.2, 0.25) is 0 Å². The van der Waals surface area contributed by atoms with Crippen molar-refractivity contribution in [3.63, 3.8) is 0 Å². The first kappa shape index (κ1) is 18.8. The highest BCUT2D eigenvalue weighted by molar-refractivity contribution is 6.06. The molecular formula is C23H23N5O. The van der Waals surface area contributed by atoms with Gasteiger partial charge in [-0.25, -0.2) is 9.97 Å². The van der Waals surface area contributed by atoms with Gasteiger partial charge in [0.25, 0.3) is 5.91 Å². The van der Waals surface area contributed by atoms with Crippen LogP contribution >= 0.6 is 0 Å². The lowest BCUT2D eigenvalue weighted by molar-refractivity contribution is 0.0952. The zero-order chi connectivity index (χ0) is 20.4. The van der Waals surface area contributed by atoms with Gasteiger partial charge in [0.05, 0.1) is 11.1 Å². The number of aromatic nitrogens is 4. The van der Waals surface area contributed by atoms with E-state index >= 15 is 0 Å². The number of nitrogens with one attached hydrogen (secondary N) is 1. The third-order valence-electron chi connectivity index (χ3n) is 4.91. The Hall–Kier alpha value is -3.54. The zero-order valence-electron chi connectivity index (χ0n) is 16.8. The summed E-state index contributed by atoms with van der Waals surface area (Å²) in [5.41, 5.74) is 3.33. The lowest BCUT2D eigenvalue weighted by atomic mass is 10.0. The number of imidazole rings is 1. The van der Waals surface area contributed by atoms with E-state index in [9.17, 15) is 4.79 Å². The molecule has 29 heavy (non-hydrogen) atoms. The summed E-state index contributed by atoms with van der Waals surface area (Å²) in [5.74, 6) is 1.82. The molecule has 0 fully saturated rings. The second kappa shape index (κ2) is 7.83. The minimum atomic E-state index is -0.111. The lowest BCUT2D eigenvalue weighted by Gasteiger charge is -2.12. The average Bonchev–Trinajstić information content (AvgIpc) is 3.17. The van der Waals surface area contributed by atoms with Gasteiger partial charge in [-0.3, -0.25) is 14.3 Å². The van der Waals surface area contributed by atoms with Crippen LogP contribution in [0.1, 0.15) is 47.2 Å². The fourth-order valence-electron chi connectivity index (χ4n) is 3.24. The third-order valence-corrected chi connectivity index (χ3v) is 4.91. The van der Waals surface area contributed by atoms with Crippen molar-refractivity contribution in [1.82, 2.24) is 24.8 Å². The number of aryl methyl sites for hydroxylation is 1. The van der Waals surface area contributed by atoms with E-state index in [0.717, 1.165) is 33.8 Å². The van der Waals surface area contributed by atoms with Crippen molar-refractivity contribution >= 4 is 16.8 Å². The second-order valence-electron chi connectivity index (χ2n) is 7.32. The molecule has 3 heterocycles. The van der Waals surface area contributed by atoms with Crippen molar-refractivity contribution in [1.29, 1.82) is 0 Å². The number of benzene rings is 1. The van der Waals surface area contributed by atoms with Crippen LogP contribution in [-0.4, -0.2) is 25.4 Å². The highest BCUT2D eigenvalue weighted by Crippen LogP contribution is 2.22. The molecule has 0 bridgehead atoms. The fraction of sp³-hybridized carbons (Fsp3) is 0.217. The predicted molar refractivity (Wildman–Crippen MR) is 113 cm³/mol. The van der Waals surface area contributed by atoms with Crippen molar-refractivity contribution in [3.05, 3.63) is 83.7 Å². The Morgan fingerprint density at radius 1 is 1.14 bits per heavy atom. The number of pyridine rings is 2. The molecule has 4 aromatic rings. The summed E-state index contributed by atoms with van der Waals surface area (Å²) in [7, 11) is 0. The van der Waals surface area contributed by atoms with Crippen molar-refractivity contribution in [2.24, 2.45) is 0 Å². The first-order valence-electron chi connectivity index (χ1n) is 9.66. The molecule has 1 amide bonds. The number of fused-ring (bicyclic) bond motifs is 1. The summed E-state index contributed by atoms with van der Waals surface area (Å²) in [4.78, 5) is 26.3. The number of carbonyl (C=O) groups excluding carboxylic acids is 1. The Morgan fingerprint density at radius 3 is 2.66 bits per heavy atom. The molecule has 6 nitrogen and oxygen atoms in total. The molecule has 3 aromatic heterocycles. The molecule has 0 saturated carbocycles. The van der Waals surface area contributed by atoms with Gasteiger partial charge in [-0.1, -0.05) is 38.1 Å². The van der Waals surface area contributed by atoms with Gasteiger partial charge in [0.1, 0.15) is 11.6 Å². The Bertz CT molecular complexity index is 1160. The average molecular weight is 385 g/mol. The molecule has 0 aliphatic heterocycles. The highest BCUT2D eigenvalue weighted by atomic mass is 16.1. The minimum absolute atomic E-state index is 0.111. The van der Waals surface area contributed by atoms with Crippen LogP contribution in [0.5, 0.6) is 0 Å². The molecular weight excluding hydrogens is 362 g/mol. The summed E-state index contributed by atoms with van der Waals surface area (Å²) in [5, 5.41) is 3.87. The van der Waals surface area contributed by atoms with Crippen LogP contribution in [0.4, 0.5) is 0 Å². The van der Waals surface area contributed by atoms with Crippen molar-refractivity contribution in [2.75, 3.05) is 0 Å². The second-order valence-corrected chi connectivity index (χ2v) is 7.32. The normalized spacial score (nSPS) is 11.2. The van der Waals surface area contributed by atoms with Crippen LogP contribution in [0.3, 0.4) is 0 Å². The standard InChI is InChI=1S/C23H23N5O/c1-15(2)21-12-19(18-6-4-5-7-20(18)27-21)23(29)26-14-17-8-9-22(25-13-17)28-11-10-24-16(28)3/h4-13,15H,14H2,1-3H3,(H,26,29). The number of hydrogen-bond acceptors (Lipinski definition) is 4. The Labute approximate surface area is 169 Å². The van der Waals surface area contributed by atoms with Gasteiger partial charge in [-0.2, -0.15) is 0 Å². The minimum Gasteiger partial charge on any atom is -0.348 e. The number of rotatable bonds is 5. The Morgan fingerprint density at radius 2 is 1.97 bits per heavy atom. The number of nitrogens with zero attached hydrogens (tertiary/aromatic N) is 4. The van der Waals surface area contributed by atoms with Crippen LogP contribution in [0.2, 0.25) is 0 Å². The maximum Gasteiger partial charge on any atom is 0.252 e. The van der Waals surface area contributed by atoms with Gasteiger partial charge < -0.3 is 5.32 Å². The van der Waals surface area contributed by atoms with Gasteiger partial charge >= 0.3 is 0 Å². The SMILES string of the molecule is Cc1nccn1-c1ccc(CNC(=O)c2cc(C(C)C)nc3ccccc23)cn1. The van der Waals surface area contributed by atoms with Gasteiger partial charge in [-0.05, 0) is 36.6 Å². The first-order chi connectivity index (χ1) is 14.0. The molecule has 0 spiro atoms. The van der Waals surface area contributed by atoms with E-state index in [4.69, 9.17) is 0 Å². The molecule has 1 aromatic carbocycles. The molecule has 6 heteroatoms. The van der Waals surface area contributed by atoms with Crippen LogP contribution in [-0.2, 0) is 6.54 Å². The molecule has 0 radical (unpaired) electrons. The highest BCUT2D eigenvalue weighted by Gasteiger charge is 2.14. The maximum atomic E-state index is 12.9. The summed E-state index contributed by atoms with van der Waals surface area (Å²) in [6.07, 6.45) is 5.40. The summed E-state index contributed by atoms with van der Waals surface area (Å²) >= 11 is 0. The lowest BCUT2D eigenvalue weighted by Crippen LogP contribution is -2.23. The van der Waals surface area contributed by atoms with Crippen molar-refractivity contribution in [2.45, 2.75) is 33.2 Å². The van der Waals surface area contributed by atoms with Crippen molar-refractivity contribution in [3.8, 4) is 5.82 Å². The number of para-hydroxylation sites is 1. The van der Waals surface area contributed by atoms with Gasteiger partial charge in [0.15, 0.2) is 0 Å². The topological polar surface area (TPSA) is 72.7 Å². The summed E-state index contributed by atoms with van der Waals surface area (Å²) in [6.45, 7) is 6.49. The summed E-state index contributed by atoms with van der Waals surface area (Å²) < 4.78 is 1.92. The van der Waals surface area contributed by atoms with E-state index in [1.807, 2.05) is 60.2 Å². The van der Waals surface area contributed by atoms with E-state index in [2.05, 4.69) is 34.1 Å². The van der Waals surface area contributed by atoms with E-state index in [0.29, 0.717) is 12.1 Å². The monoisotopic (exact) mass is 385 g/mol. The predicted octanol–water partition coefficient (Wildman–Crippen LogP) is 4.18. The van der Waals surface area contributed by atoms with Crippen LogP contribution in [0.25, 0.3) is 16.7 Å². The largest absolute Gasteiger partial charge is 0.348 e. The molecule has 0 aliphatic rings. The number of carbonyl (C=O) groups is 1. The van der Waals surface area contributed by atoms with Crippen LogP contribution < -0.4 is 5.32 Å². The van der Waals surface area contributed by atoms with Gasteiger partial charge in [-0.15, -0.1) is 0 Å². The molecule has 4 rings (SSSR count). The smallest absolute Gasteiger partial charge is 0.252 e. The van der Waals surface area contributed by atoms with Crippen molar-refractivity contribution < 1.29 is 4.79 Å². The van der Waals surface area contributed by atoms with E-state index in [1.165, 1.54) is 0 Å². The third kappa shape index (κ3) is 3.87. The fourth-order valence-corrected chi connectivity index (χ4v) is 3.24. The maximum absolute atomic E-state index is 12.9. The van der Waals surface area contributed by atoms with Crippen LogP contribution in [0.15, 0.2) is 61.1 Å². The Balaban J connectivity index is 1.53. The van der Waals surface area contributed by atoms with E-state index < -0.39 is 0 Å². The zero-order valence-corrected chi connectivity index (χ0v) is 16.8. The molecule has 0 unspecified atom stereocenters. The Kier molecular flexibility index (Phi) is 5.08. The summed E-state index contributed by atoms with van der Waals surface area (Å²) in [6, 6.07) is 13.5. The number of hydrogen-bond donors (Lipinski definition) is 1. The number of amides is 1. The molecule has 1 N–H and O–H groups in total. The molecule has 0 saturated heterocycles. The first-order valence-corrected chi connectivity index (χ1v) is 9.66. The molecule has 0 aliphatic carbocycles.